The first kappa shape index (κ1) is 7.75. The van der Waals surface area contributed by atoms with Crippen LogP contribution in [0.2, 0.25) is 0 Å². The van der Waals surface area contributed by atoms with Crippen LogP contribution in [0.15, 0.2) is 4.60 Å². The summed E-state index contributed by atoms with van der Waals surface area (Å²) >= 11 is 3.34. The molecular weight excluding hydrogens is 194 g/mol. The quantitative estimate of drug-likeness (QED) is 0.759. The minimum absolute atomic E-state index is 0.821. The summed E-state index contributed by atoms with van der Waals surface area (Å²) in [6.07, 6.45) is 0. The molecule has 1 aromatic heterocycles. The van der Waals surface area contributed by atoms with Crippen LogP contribution in [0.4, 0.5) is 0 Å². The maximum Gasteiger partial charge on any atom is 0.128 e. The predicted octanol–water partition coefficient (Wildman–Crippen LogP) is 1.20. The Balaban J connectivity index is 2.81. The number of aryl methyl sites for hydroxylation is 1. The van der Waals surface area contributed by atoms with E-state index in [2.05, 4.69) is 31.2 Å². The van der Waals surface area contributed by atoms with Gasteiger partial charge in [-0.3, -0.25) is 0 Å². The van der Waals surface area contributed by atoms with Gasteiger partial charge < -0.3 is 10.3 Å². The Morgan fingerprint density at radius 2 is 2.40 bits per heavy atom. The van der Waals surface area contributed by atoms with E-state index in [4.69, 9.17) is 0 Å². The van der Waals surface area contributed by atoms with Crippen molar-refractivity contribution in [1.29, 1.82) is 0 Å². The van der Waals surface area contributed by atoms with Crippen molar-refractivity contribution in [3.63, 3.8) is 0 Å². The van der Waals surface area contributed by atoms with Gasteiger partial charge in [0.2, 0.25) is 0 Å². The van der Waals surface area contributed by atoms with Crippen molar-refractivity contribution in [3.8, 4) is 0 Å². The van der Waals surface area contributed by atoms with Crippen LogP contribution in [0.5, 0.6) is 0 Å². The Bertz CT molecular complexity index is 219. The molecule has 4 heteroatoms. The highest BCUT2D eigenvalue weighted by molar-refractivity contribution is 9.10. The SMILES string of the molecule is CNCc1[nH]c(C)nc1Br. The van der Waals surface area contributed by atoms with Gasteiger partial charge in [-0.15, -0.1) is 0 Å². The van der Waals surface area contributed by atoms with E-state index in [0.29, 0.717) is 0 Å². The normalized spacial score (nSPS) is 10.3. The van der Waals surface area contributed by atoms with E-state index in [9.17, 15) is 0 Å². The minimum atomic E-state index is 0.821. The maximum atomic E-state index is 4.15. The average molecular weight is 204 g/mol. The second kappa shape index (κ2) is 3.16. The number of hydrogen-bond donors (Lipinski definition) is 2. The highest BCUT2D eigenvalue weighted by Crippen LogP contribution is 2.12. The molecule has 1 aromatic rings. The van der Waals surface area contributed by atoms with Crippen LogP contribution < -0.4 is 5.32 Å². The van der Waals surface area contributed by atoms with Gasteiger partial charge in [0.15, 0.2) is 0 Å². The van der Waals surface area contributed by atoms with E-state index in [1.807, 2.05) is 14.0 Å². The number of H-pyrrole nitrogens is 1. The fraction of sp³-hybridized carbons (Fsp3) is 0.500. The Morgan fingerprint density at radius 3 is 2.80 bits per heavy atom. The lowest BCUT2D eigenvalue weighted by Gasteiger charge is -1.93. The third-order valence-electron chi connectivity index (χ3n) is 1.20. The van der Waals surface area contributed by atoms with Gasteiger partial charge in [0.05, 0.1) is 5.69 Å². The zero-order valence-corrected chi connectivity index (χ0v) is 7.62. The van der Waals surface area contributed by atoms with Crippen molar-refractivity contribution in [2.24, 2.45) is 0 Å². The highest BCUT2D eigenvalue weighted by Gasteiger charge is 2.01. The molecule has 1 heterocycles. The Labute approximate surface area is 68.4 Å². The molecule has 0 aromatic carbocycles. The molecule has 0 aliphatic heterocycles. The molecule has 1 rings (SSSR count). The second-order valence-corrected chi connectivity index (χ2v) is 2.87. The van der Waals surface area contributed by atoms with E-state index in [1.165, 1.54) is 0 Å². The van der Waals surface area contributed by atoms with Gasteiger partial charge in [0.25, 0.3) is 0 Å². The Kier molecular flexibility index (Phi) is 2.45. The van der Waals surface area contributed by atoms with Gasteiger partial charge >= 0.3 is 0 Å². The summed E-state index contributed by atoms with van der Waals surface area (Å²) in [6, 6.07) is 0. The first-order valence-electron chi connectivity index (χ1n) is 3.09. The zero-order chi connectivity index (χ0) is 7.56. The highest BCUT2D eigenvalue weighted by atomic mass is 79.9. The third-order valence-corrected chi connectivity index (χ3v) is 1.86. The number of aromatic amines is 1. The Hall–Kier alpha value is -0.350. The number of nitrogens with one attached hydrogen (secondary N) is 2. The number of nitrogens with zero attached hydrogens (tertiary/aromatic N) is 1. The molecular formula is C6H10BrN3. The van der Waals surface area contributed by atoms with Crippen LogP contribution in [-0.2, 0) is 6.54 Å². The van der Waals surface area contributed by atoms with E-state index in [1.54, 1.807) is 0 Å². The number of rotatable bonds is 2. The van der Waals surface area contributed by atoms with Crippen molar-refractivity contribution < 1.29 is 0 Å². The van der Waals surface area contributed by atoms with Crippen LogP contribution >= 0.6 is 15.9 Å². The first-order valence-corrected chi connectivity index (χ1v) is 3.89. The van der Waals surface area contributed by atoms with Gasteiger partial charge in [-0.05, 0) is 29.9 Å². The molecule has 2 N–H and O–H groups in total. The van der Waals surface area contributed by atoms with Gasteiger partial charge in [-0.2, -0.15) is 0 Å². The molecule has 0 atom stereocenters. The number of hydrogen-bond acceptors (Lipinski definition) is 2. The average Bonchev–Trinajstić information content (AvgIpc) is 2.13. The topological polar surface area (TPSA) is 40.7 Å². The lowest BCUT2D eigenvalue weighted by atomic mass is 10.5. The molecule has 0 aliphatic carbocycles. The van der Waals surface area contributed by atoms with Crippen LogP contribution in [0.1, 0.15) is 11.5 Å². The van der Waals surface area contributed by atoms with Crippen molar-refractivity contribution in [3.05, 3.63) is 16.1 Å². The molecule has 0 saturated carbocycles. The number of aromatic nitrogens is 2. The fourth-order valence-electron chi connectivity index (χ4n) is 0.807. The van der Waals surface area contributed by atoms with Crippen LogP contribution in [0, 0.1) is 6.92 Å². The van der Waals surface area contributed by atoms with Crippen LogP contribution in [0.25, 0.3) is 0 Å². The number of halogens is 1. The van der Waals surface area contributed by atoms with E-state index < -0.39 is 0 Å². The van der Waals surface area contributed by atoms with Crippen molar-refractivity contribution in [1.82, 2.24) is 15.3 Å². The Morgan fingerprint density at radius 1 is 1.70 bits per heavy atom. The summed E-state index contributed by atoms with van der Waals surface area (Å²) in [6.45, 7) is 2.76. The van der Waals surface area contributed by atoms with Gasteiger partial charge in [-0.25, -0.2) is 4.98 Å². The molecule has 0 amide bonds. The summed E-state index contributed by atoms with van der Waals surface area (Å²) in [5.41, 5.74) is 1.10. The lowest BCUT2D eigenvalue weighted by molar-refractivity contribution is 0.791. The van der Waals surface area contributed by atoms with E-state index in [0.717, 1.165) is 22.7 Å². The smallest absolute Gasteiger partial charge is 0.128 e. The monoisotopic (exact) mass is 203 g/mol. The van der Waals surface area contributed by atoms with Crippen molar-refractivity contribution in [2.45, 2.75) is 13.5 Å². The van der Waals surface area contributed by atoms with E-state index >= 15 is 0 Å². The van der Waals surface area contributed by atoms with Crippen molar-refractivity contribution in [2.75, 3.05) is 7.05 Å². The second-order valence-electron chi connectivity index (χ2n) is 2.12. The summed E-state index contributed by atoms with van der Waals surface area (Å²) in [5.74, 6) is 0.942. The summed E-state index contributed by atoms with van der Waals surface area (Å²) < 4.78 is 0.902. The fourth-order valence-corrected chi connectivity index (χ4v) is 1.31. The molecule has 0 fully saturated rings. The molecule has 10 heavy (non-hydrogen) atoms. The maximum absolute atomic E-state index is 4.15. The summed E-state index contributed by atoms with van der Waals surface area (Å²) in [4.78, 5) is 7.28. The first-order chi connectivity index (χ1) is 4.74. The predicted molar refractivity (Wildman–Crippen MR) is 43.8 cm³/mol. The van der Waals surface area contributed by atoms with E-state index in [-0.39, 0.29) is 0 Å². The molecule has 0 aliphatic rings. The van der Waals surface area contributed by atoms with Crippen molar-refractivity contribution >= 4 is 15.9 Å². The zero-order valence-electron chi connectivity index (χ0n) is 6.03. The van der Waals surface area contributed by atoms with Crippen LogP contribution in [0.3, 0.4) is 0 Å². The van der Waals surface area contributed by atoms with Gasteiger partial charge in [-0.1, -0.05) is 0 Å². The lowest BCUT2D eigenvalue weighted by Crippen LogP contribution is -2.05. The van der Waals surface area contributed by atoms with Gasteiger partial charge in [0.1, 0.15) is 10.4 Å². The summed E-state index contributed by atoms with van der Waals surface area (Å²) in [7, 11) is 1.91. The third kappa shape index (κ3) is 1.58. The largest absolute Gasteiger partial charge is 0.344 e. The molecule has 0 saturated heterocycles. The standard InChI is InChI=1S/C6H10BrN3/c1-4-9-5(3-8-2)6(7)10-4/h8H,3H2,1-2H3,(H,9,10). The molecule has 0 bridgehead atoms. The molecule has 0 radical (unpaired) electrons. The molecule has 0 spiro atoms. The van der Waals surface area contributed by atoms with Crippen LogP contribution in [-0.4, -0.2) is 17.0 Å². The number of imidazole rings is 1. The van der Waals surface area contributed by atoms with Gasteiger partial charge in [0, 0.05) is 6.54 Å². The summed E-state index contributed by atoms with van der Waals surface area (Å²) in [5, 5.41) is 3.04. The molecule has 0 unspecified atom stereocenters. The minimum Gasteiger partial charge on any atom is -0.344 e. The molecule has 56 valence electrons. The molecule has 3 nitrogen and oxygen atoms in total.